The summed E-state index contributed by atoms with van der Waals surface area (Å²) >= 11 is 0. The largest absolute Gasteiger partial charge is 0.483 e. The van der Waals surface area contributed by atoms with Crippen LogP contribution < -0.4 is 10.1 Å². The highest BCUT2D eigenvalue weighted by Crippen LogP contribution is 2.22. The van der Waals surface area contributed by atoms with Crippen LogP contribution in [0.3, 0.4) is 0 Å². The van der Waals surface area contributed by atoms with Crippen molar-refractivity contribution in [2.75, 3.05) is 18.2 Å². The molecule has 0 radical (unpaired) electrons. The van der Waals surface area contributed by atoms with Crippen LogP contribution in [0.25, 0.3) is 5.69 Å². The lowest BCUT2D eigenvalue weighted by Gasteiger charge is -2.11. The van der Waals surface area contributed by atoms with Crippen molar-refractivity contribution in [2.24, 2.45) is 0 Å². The minimum Gasteiger partial charge on any atom is -0.483 e. The van der Waals surface area contributed by atoms with E-state index in [0.717, 1.165) is 11.9 Å². The third-order valence-electron chi connectivity index (χ3n) is 4.90. The molecular formula is C25H21N3O5S. The summed E-state index contributed by atoms with van der Waals surface area (Å²) in [5.74, 6) is -0.538. The maximum absolute atomic E-state index is 13.1. The fourth-order valence-electron chi connectivity index (χ4n) is 3.24. The fourth-order valence-corrected chi connectivity index (χ4v) is 3.91. The minimum absolute atomic E-state index is 0.0956. The molecule has 4 rings (SSSR count). The molecule has 0 aliphatic rings. The van der Waals surface area contributed by atoms with Crippen LogP contribution in [0.15, 0.2) is 96.2 Å². The smallest absolute Gasteiger partial charge is 0.262 e. The van der Waals surface area contributed by atoms with Gasteiger partial charge in [0.05, 0.1) is 27.9 Å². The van der Waals surface area contributed by atoms with E-state index in [-0.39, 0.29) is 23.0 Å². The molecule has 0 saturated carbocycles. The zero-order chi connectivity index (χ0) is 24.1. The predicted molar refractivity (Wildman–Crippen MR) is 127 cm³/mol. The molecule has 1 amide bonds. The van der Waals surface area contributed by atoms with Gasteiger partial charge in [-0.3, -0.25) is 9.59 Å². The molecule has 0 saturated heterocycles. The normalized spacial score (nSPS) is 11.1. The number of ketones is 1. The summed E-state index contributed by atoms with van der Waals surface area (Å²) in [6, 6.07) is 22.0. The molecule has 1 N–H and O–H groups in total. The monoisotopic (exact) mass is 475 g/mol. The molecule has 8 nitrogen and oxygen atoms in total. The fraction of sp³-hybridized carbons (Fsp3) is 0.0800. The Labute approximate surface area is 196 Å². The van der Waals surface area contributed by atoms with Crippen molar-refractivity contribution in [1.82, 2.24) is 9.78 Å². The highest BCUT2D eigenvalue weighted by molar-refractivity contribution is 7.90. The van der Waals surface area contributed by atoms with Crippen LogP contribution in [0, 0.1) is 0 Å². The Hall–Kier alpha value is -4.24. The third-order valence-corrected chi connectivity index (χ3v) is 6.01. The van der Waals surface area contributed by atoms with Crippen LogP contribution in [-0.4, -0.2) is 42.8 Å². The molecule has 0 atom stereocenters. The van der Waals surface area contributed by atoms with Gasteiger partial charge < -0.3 is 10.1 Å². The van der Waals surface area contributed by atoms with Gasteiger partial charge in [0.2, 0.25) is 0 Å². The van der Waals surface area contributed by atoms with Gasteiger partial charge in [0.25, 0.3) is 5.91 Å². The van der Waals surface area contributed by atoms with E-state index in [9.17, 15) is 18.0 Å². The Morgan fingerprint density at radius 1 is 0.971 bits per heavy atom. The van der Waals surface area contributed by atoms with Gasteiger partial charge in [0.15, 0.2) is 22.2 Å². The number of nitrogens with zero attached hydrogens (tertiary/aromatic N) is 2. The Morgan fingerprint density at radius 2 is 1.71 bits per heavy atom. The quantitative estimate of drug-likeness (QED) is 0.391. The molecule has 0 aliphatic heterocycles. The van der Waals surface area contributed by atoms with E-state index in [1.807, 2.05) is 30.3 Å². The van der Waals surface area contributed by atoms with Crippen molar-refractivity contribution >= 4 is 27.2 Å². The topological polar surface area (TPSA) is 107 Å². The maximum Gasteiger partial charge on any atom is 0.262 e. The highest BCUT2D eigenvalue weighted by Gasteiger charge is 2.17. The summed E-state index contributed by atoms with van der Waals surface area (Å²) in [6.07, 6.45) is 4.21. The second-order valence-electron chi connectivity index (χ2n) is 7.47. The van der Waals surface area contributed by atoms with Crippen molar-refractivity contribution in [3.05, 3.63) is 102 Å². The Balaban J connectivity index is 1.45. The van der Waals surface area contributed by atoms with Crippen molar-refractivity contribution in [1.29, 1.82) is 0 Å². The Morgan fingerprint density at radius 3 is 2.47 bits per heavy atom. The number of anilines is 1. The van der Waals surface area contributed by atoms with Gasteiger partial charge in [-0.15, -0.1) is 0 Å². The van der Waals surface area contributed by atoms with Gasteiger partial charge >= 0.3 is 0 Å². The molecule has 4 aromatic rings. The lowest BCUT2D eigenvalue weighted by Crippen LogP contribution is -2.21. The molecule has 9 heteroatoms. The van der Waals surface area contributed by atoms with E-state index in [1.165, 1.54) is 24.4 Å². The number of sulfone groups is 1. The van der Waals surface area contributed by atoms with Crippen LogP contribution in [0.1, 0.15) is 15.9 Å². The molecule has 0 fully saturated rings. The van der Waals surface area contributed by atoms with Gasteiger partial charge in [0, 0.05) is 18.1 Å². The van der Waals surface area contributed by atoms with Gasteiger partial charge in [-0.2, -0.15) is 5.10 Å². The third kappa shape index (κ3) is 5.38. The molecular weight excluding hydrogens is 454 g/mol. The average molecular weight is 476 g/mol. The standard InChI is InChI=1S/C25H21N3O5S/c1-34(31,32)21-11-7-8-19(14-21)27-24(29)17-33-23-13-6-5-12-22(23)25(30)18-15-26-28(16-18)20-9-3-2-4-10-20/h2-16H,17H2,1H3,(H,27,29). The molecule has 0 aliphatic carbocycles. The number of aromatic nitrogens is 2. The molecule has 0 unspecified atom stereocenters. The summed E-state index contributed by atoms with van der Waals surface area (Å²) in [5.41, 5.74) is 1.82. The number of hydrogen-bond donors (Lipinski definition) is 1. The minimum atomic E-state index is -3.40. The summed E-state index contributed by atoms with van der Waals surface area (Å²) in [4.78, 5) is 25.6. The molecule has 172 valence electrons. The number of hydrogen-bond acceptors (Lipinski definition) is 6. The van der Waals surface area contributed by atoms with E-state index >= 15 is 0 Å². The molecule has 0 bridgehead atoms. The first-order chi connectivity index (χ1) is 16.3. The second kappa shape index (κ2) is 9.72. The number of para-hydroxylation sites is 2. The number of amides is 1. The predicted octanol–water partition coefficient (Wildman–Crippen LogP) is 3.52. The van der Waals surface area contributed by atoms with E-state index in [1.54, 1.807) is 41.2 Å². The lowest BCUT2D eigenvalue weighted by atomic mass is 10.1. The number of carbonyl (C=O) groups is 2. The average Bonchev–Trinajstić information content (AvgIpc) is 3.33. The van der Waals surface area contributed by atoms with Crippen LogP contribution in [0.5, 0.6) is 5.75 Å². The second-order valence-corrected chi connectivity index (χ2v) is 9.49. The van der Waals surface area contributed by atoms with E-state index < -0.39 is 15.7 Å². The number of nitrogens with one attached hydrogen (secondary N) is 1. The van der Waals surface area contributed by atoms with Gasteiger partial charge in [-0.1, -0.05) is 36.4 Å². The van der Waals surface area contributed by atoms with E-state index in [0.29, 0.717) is 16.8 Å². The number of benzene rings is 3. The van der Waals surface area contributed by atoms with Gasteiger partial charge in [0.1, 0.15) is 5.75 Å². The zero-order valence-corrected chi connectivity index (χ0v) is 19.0. The molecule has 3 aromatic carbocycles. The first-order valence-electron chi connectivity index (χ1n) is 10.3. The summed E-state index contributed by atoms with van der Waals surface area (Å²) in [7, 11) is -3.40. The van der Waals surface area contributed by atoms with Crippen molar-refractivity contribution in [3.63, 3.8) is 0 Å². The van der Waals surface area contributed by atoms with E-state index in [2.05, 4.69) is 10.4 Å². The van der Waals surface area contributed by atoms with Crippen molar-refractivity contribution in [2.45, 2.75) is 4.90 Å². The van der Waals surface area contributed by atoms with E-state index in [4.69, 9.17) is 4.74 Å². The van der Waals surface area contributed by atoms with Crippen LogP contribution in [-0.2, 0) is 14.6 Å². The number of carbonyl (C=O) groups excluding carboxylic acids is 2. The van der Waals surface area contributed by atoms with Crippen molar-refractivity contribution in [3.8, 4) is 11.4 Å². The molecule has 1 heterocycles. The molecule has 34 heavy (non-hydrogen) atoms. The first-order valence-corrected chi connectivity index (χ1v) is 12.2. The Kier molecular flexibility index (Phi) is 6.55. The summed E-state index contributed by atoms with van der Waals surface area (Å²) in [6.45, 7) is -0.364. The first kappa shape index (κ1) is 22.9. The van der Waals surface area contributed by atoms with Crippen molar-refractivity contribution < 1.29 is 22.7 Å². The summed E-state index contributed by atoms with van der Waals surface area (Å²) in [5, 5.41) is 6.86. The maximum atomic E-state index is 13.1. The number of rotatable bonds is 8. The SMILES string of the molecule is CS(=O)(=O)c1cccc(NC(=O)COc2ccccc2C(=O)c2cnn(-c3ccccc3)c2)c1. The lowest BCUT2D eigenvalue weighted by molar-refractivity contribution is -0.118. The van der Waals surface area contributed by atoms with Crippen LogP contribution in [0.2, 0.25) is 0 Å². The Bertz CT molecular complexity index is 1450. The van der Waals surface area contributed by atoms with Crippen LogP contribution in [0.4, 0.5) is 5.69 Å². The molecule has 1 aromatic heterocycles. The van der Waals surface area contributed by atoms with Crippen LogP contribution >= 0.6 is 0 Å². The van der Waals surface area contributed by atoms with Gasteiger partial charge in [-0.05, 0) is 42.5 Å². The highest BCUT2D eigenvalue weighted by atomic mass is 32.2. The summed E-state index contributed by atoms with van der Waals surface area (Å²) < 4.78 is 30.6. The zero-order valence-electron chi connectivity index (χ0n) is 18.2. The molecule has 0 spiro atoms. The van der Waals surface area contributed by atoms with Gasteiger partial charge in [-0.25, -0.2) is 13.1 Å². The number of ether oxygens (including phenoxy) is 1.